The Morgan fingerprint density at radius 2 is 2.06 bits per heavy atom. The van der Waals surface area contributed by atoms with Crippen LogP contribution in [0.2, 0.25) is 5.28 Å². The van der Waals surface area contributed by atoms with Crippen LogP contribution >= 0.6 is 11.6 Å². The average Bonchev–Trinajstić information content (AvgIpc) is 2.28. The molecule has 0 aliphatic heterocycles. The molecule has 1 N–H and O–H groups in total. The van der Waals surface area contributed by atoms with Crippen molar-refractivity contribution in [1.29, 1.82) is 0 Å². The highest BCUT2D eigenvalue weighted by Crippen LogP contribution is 2.31. The van der Waals surface area contributed by atoms with Crippen molar-refractivity contribution >= 4 is 28.3 Å². The number of rotatable bonds is 2. The van der Waals surface area contributed by atoms with Gasteiger partial charge < -0.3 is 10.1 Å². The summed E-state index contributed by atoms with van der Waals surface area (Å²) in [6, 6.07) is 3.85. The first kappa shape index (κ1) is 11.0. The number of fused-ring (bicyclic) bond motifs is 1. The van der Waals surface area contributed by atoms with E-state index in [4.69, 9.17) is 16.3 Å². The minimum Gasteiger partial charge on any atom is -0.494 e. The van der Waals surface area contributed by atoms with Crippen LogP contribution in [0.4, 0.5) is 5.82 Å². The summed E-state index contributed by atoms with van der Waals surface area (Å²) in [5.74, 6) is 1.41. The van der Waals surface area contributed by atoms with Gasteiger partial charge in [0.25, 0.3) is 0 Å². The van der Waals surface area contributed by atoms with Crippen molar-refractivity contribution < 1.29 is 4.74 Å². The lowest BCUT2D eigenvalue weighted by molar-refractivity contribution is 0.419. The van der Waals surface area contributed by atoms with E-state index in [1.165, 1.54) is 0 Å². The van der Waals surface area contributed by atoms with E-state index in [0.717, 1.165) is 16.5 Å². The monoisotopic (exact) mass is 237 g/mol. The minimum atomic E-state index is 0.209. The van der Waals surface area contributed by atoms with E-state index in [1.54, 1.807) is 14.2 Å². The standard InChI is InChI=1S/C11H12ClN3O/c1-6-4-5-7(16-3)9-8(6)10(13-2)15-11(12)14-9/h4-5H,1-3H3,(H,13,14,15). The molecule has 0 amide bonds. The fourth-order valence-corrected chi connectivity index (χ4v) is 1.86. The molecule has 0 bridgehead atoms. The molecular weight excluding hydrogens is 226 g/mol. The van der Waals surface area contributed by atoms with Gasteiger partial charge in [0.05, 0.1) is 7.11 Å². The number of nitrogens with one attached hydrogen (secondary N) is 1. The molecule has 0 radical (unpaired) electrons. The minimum absolute atomic E-state index is 0.209. The molecule has 1 aromatic heterocycles. The van der Waals surface area contributed by atoms with E-state index < -0.39 is 0 Å². The Hall–Kier alpha value is -1.55. The Labute approximate surface area is 98.6 Å². The van der Waals surface area contributed by atoms with Crippen LogP contribution in [-0.4, -0.2) is 24.1 Å². The molecule has 0 atom stereocenters. The van der Waals surface area contributed by atoms with Gasteiger partial charge in [-0.2, -0.15) is 0 Å². The van der Waals surface area contributed by atoms with E-state index in [2.05, 4.69) is 15.3 Å². The van der Waals surface area contributed by atoms with Crippen molar-refractivity contribution in [3.05, 3.63) is 23.0 Å². The molecule has 84 valence electrons. The van der Waals surface area contributed by atoms with Gasteiger partial charge in [-0.3, -0.25) is 0 Å². The summed E-state index contributed by atoms with van der Waals surface area (Å²) in [4.78, 5) is 8.35. The predicted octanol–water partition coefficient (Wildman–Crippen LogP) is 2.64. The van der Waals surface area contributed by atoms with Gasteiger partial charge in [-0.1, -0.05) is 6.07 Å². The van der Waals surface area contributed by atoms with Gasteiger partial charge >= 0.3 is 0 Å². The number of halogens is 1. The number of hydrogen-bond acceptors (Lipinski definition) is 4. The Kier molecular flexibility index (Phi) is 2.83. The molecule has 4 nitrogen and oxygen atoms in total. The van der Waals surface area contributed by atoms with Crippen molar-refractivity contribution in [3.8, 4) is 5.75 Å². The zero-order valence-corrected chi connectivity index (χ0v) is 10.1. The second-order valence-electron chi connectivity index (χ2n) is 3.40. The largest absolute Gasteiger partial charge is 0.494 e. The van der Waals surface area contributed by atoms with E-state index in [1.807, 2.05) is 19.1 Å². The second-order valence-corrected chi connectivity index (χ2v) is 3.74. The number of hydrogen-bond donors (Lipinski definition) is 1. The van der Waals surface area contributed by atoms with Crippen LogP contribution in [-0.2, 0) is 0 Å². The molecule has 0 aliphatic carbocycles. The summed E-state index contributed by atoms with van der Waals surface area (Å²) >= 11 is 5.87. The van der Waals surface area contributed by atoms with Gasteiger partial charge in [-0.25, -0.2) is 9.97 Å². The van der Waals surface area contributed by atoms with Gasteiger partial charge in [0, 0.05) is 12.4 Å². The average molecular weight is 238 g/mol. The molecule has 2 aromatic rings. The van der Waals surface area contributed by atoms with E-state index in [-0.39, 0.29) is 5.28 Å². The quantitative estimate of drug-likeness (QED) is 0.816. The van der Waals surface area contributed by atoms with Crippen LogP contribution in [0, 0.1) is 6.92 Å². The van der Waals surface area contributed by atoms with Crippen molar-refractivity contribution in [2.24, 2.45) is 0 Å². The third kappa shape index (κ3) is 1.65. The molecular formula is C11H12ClN3O. The second kappa shape index (κ2) is 4.14. The smallest absolute Gasteiger partial charge is 0.225 e. The van der Waals surface area contributed by atoms with Crippen molar-refractivity contribution in [3.63, 3.8) is 0 Å². The molecule has 2 rings (SSSR count). The molecule has 16 heavy (non-hydrogen) atoms. The summed E-state index contributed by atoms with van der Waals surface area (Å²) in [6.07, 6.45) is 0. The van der Waals surface area contributed by atoms with E-state index in [0.29, 0.717) is 11.6 Å². The molecule has 0 saturated heterocycles. The number of aryl methyl sites for hydroxylation is 1. The zero-order chi connectivity index (χ0) is 11.7. The molecule has 0 aliphatic rings. The maximum atomic E-state index is 5.87. The lowest BCUT2D eigenvalue weighted by Crippen LogP contribution is -1.99. The Morgan fingerprint density at radius 3 is 2.69 bits per heavy atom. The normalized spacial score (nSPS) is 10.5. The first-order chi connectivity index (χ1) is 7.67. The Bertz CT molecular complexity index is 542. The first-order valence-electron chi connectivity index (χ1n) is 4.86. The molecule has 1 aromatic carbocycles. The maximum absolute atomic E-state index is 5.87. The lowest BCUT2D eigenvalue weighted by atomic mass is 10.1. The van der Waals surface area contributed by atoms with Crippen LogP contribution in [0.1, 0.15) is 5.56 Å². The number of benzene rings is 1. The van der Waals surface area contributed by atoms with Gasteiger partial charge in [0.1, 0.15) is 17.1 Å². The number of anilines is 1. The van der Waals surface area contributed by atoms with Crippen LogP contribution in [0.15, 0.2) is 12.1 Å². The van der Waals surface area contributed by atoms with E-state index >= 15 is 0 Å². The summed E-state index contributed by atoms with van der Waals surface area (Å²) in [5, 5.41) is 4.16. The van der Waals surface area contributed by atoms with Gasteiger partial charge in [-0.15, -0.1) is 0 Å². The van der Waals surface area contributed by atoms with Crippen LogP contribution in [0.3, 0.4) is 0 Å². The summed E-state index contributed by atoms with van der Waals surface area (Å²) < 4.78 is 5.26. The number of nitrogens with zero attached hydrogens (tertiary/aromatic N) is 2. The SMILES string of the molecule is CNc1nc(Cl)nc2c(OC)ccc(C)c12. The third-order valence-corrected chi connectivity index (χ3v) is 2.62. The van der Waals surface area contributed by atoms with Gasteiger partial charge in [-0.05, 0) is 30.2 Å². The highest BCUT2D eigenvalue weighted by atomic mass is 35.5. The topological polar surface area (TPSA) is 47.0 Å². The first-order valence-corrected chi connectivity index (χ1v) is 5.23. The highest BCUT2D eigenvalue weighted by molar-refractivity contribution is 6.29. The zero-order valence-electron chi connectivity index (χ0n) is 9.34. The van der Waals surface area contributed by atoms with Gasteiger partial charge in [0.15, 0.2) is 0 Å². The summed E-state index contributed by atoms with van der Waals surface area (Å²) in [6.45, 7) is 2.00. The van der Waals surface area contributed by atoms with Crippen molar-refractivity contribution in [2.45, 2.75) is 6.92 Å². The van der Waals surface area contributed by atoms with Crippen LogP contribution < -0.4 is 10.1 Å². The molecule has 0 fully saturated rings. The summed E-state index contributed by atoms with van der Waals surface area (Å²) in [7, 11) is 3.41. The molecule has 5 heteroatoms. The number of methoxy groups -OCH3 is 1. The van der Waals surface area contributed by atoms with Crippen LogP contribution in [0.5, 0.6) is 5.75 Å². The molecule has 0 unspecified atom stereocenters. The Morgan fingerprint density at radius 1 is 1.31 bits per heavy atom. The number of ether oxygens (including phenoxy) is 1. The highest BCUT2D eigenvalue weighted by Gasteiger charge is 2.12. The van der Waals surface area contributed by atoms with E-state index in [9.17, 15) is 0 Å². The molecule has 0 spiro atoms. The predicted molar refractivity (Wildman–Crippen MR) is 65.4 cm³/mol. The third-order valence-electron chi connectivity index (χ3n) is 2.45. The van der Waals surface area contributed by atoms with Crippen molar-refractivity contribution in [1.82, 2.24) is 9.97 Å². The fraction of sp³-hybridized carbons (Fsp3) is 0.273. The summed E-state index contributed by atoms with van der Waals surface area (Å²) in [5.41, 5.74) is 1.81. The van der Waals surface area contributed by atoms with Crippen molar-refractivity contribution in [2.75, 3.05) is 19.5 Å². The molecule has 1 heterocycles. The lowest BCUT2D eigenvalue weighted by Gasteiger charge is -2.10. The Balaban J connectivity index is 2.91. The van der Waals surface area contributed by atoms with Crippen LogP contribution in [0.25, 0.3) is 10.9 Å². The fourth-order valence-electron chi connectivity index (χ4n) is 1.69. The maximum Gasteiger partial charge on any atom is 0.225 e. The number of aromatic nitrogens is 2. The molecule has 0 saturated carbocycles. The van der Waals surface area contributed by atoms with Gasteiger partial charge in [0.2, 0.25) is 5.28 Å².